The first-order valence-electron chi connectivity index (χ1n) is 4.96. The van der Waals surface area contributed by atoms with Gasteiger partial charge in [0.25, 0.3) is 0 Å². The Kier molecular flexibility index (Phi) is 3.22. The summed E-state index contributed by atoms with van der Waals surface area (Å²) in [7, 11) is 0. The Labute approximate surface area is 93.2 Å². The molecule has 0 saturated heterocycles. The lowest BCUT2D eigenvalue weighted by Gasteiger charge is -2.23. The molecule has 1 rings (SSSR count). The molecule has 16 heavy (non-hydrogen) atoms. The molecule has 0 aliphatic heterocycles. The minimum Gasteiger partial charge on any atom is -0.405 e. The van der Waals surface area contributed by atoms with E-state index < -0.39 is 6.36 Å². The zero-order valence-corrected chi connectivity index (χ0v) is 9.77. The second-order valence-electron chi connectivity index (χ2n) is 4.80. The van der Waals surface area contributed by atoms with E-state index in [9.17, 15) is 13.2 Å². The fraction of sp³-hybridized carbons (Fsp3) is 0.500. The smallest absolute Gasteiger partial charge is 0.405 e. The maximum absolute atomic E-state index is 12.2. The first-order valence-corrected chi connectivity index (χ1v) is 4.96. The average Bonchev–Trinajstić information content (AvgIpc) is 1.97. The van der Waals surface area contributed by atoms with Crippen molar-refractivity contribution < 1.29 is 17.9 Å². The van der Waals surface area contributed by atoms with Crippen LogP contribution in [0.2, 0.25) is 0 Å². The number of halogens is 3. The Bertz CT molecular complexity index is 375. The van der Waals surface area contributed by atoms with Gasteiger partial charge in [0, 0.05) is 0 Å². The maximum Gasteiger partial charge on any atom is 0.573 e. The van der Waals surface area contributed by atoms with Crippen molar-refractivity contribution in [3.63, 3.8) is 0 Å². The Morgan fingerprint density at radius 1 is 1.06 bits per heavy atom. The summed E-state index contributed by atoms with van der Waals surface area (Å²) in [6.07, 6.45) is -4.65. The molecule has 0 fully saturated rings. The lowest BCUT2D eigenvalue weighted by Crippen LogP contribution is -2.21. The zero-order valence-electron chi connectivity index (χ0n) is 9.77. The van der Waals surface area contributed by atoms with E-state index in [1.165, 1.54) is 6.07 Å². The number of ether oxygens (including phenoxy) is 1. The molecule has 0 radical (unpaired) electrons. The first-order chi connectivity index (χ1) is 7.09. The fourth-order valence-electron chi connectivity index (χ4n) is 1.46. The summed E-state index contributed by atoms with van der Waals surface area (Å²) in [5, 5.41) is 0. The van der Waals surface area contributed by atoms with Crippen molar-refractivity contribution in [3.05, 3.63) is 29.3 Å². The molecule has 1 aromatic carbocycles. The molecule has 0 aliphatic carbocycles. The Morgan fingerprint density at radius 2 is 1.62 bits per heavy atom. The third kappa shape index (κ3) is 3.43. The van der Waals surface area contributed by atoms with E-state index in [0.29, 0.717) is 5.56 Å². The van der Waals surface area contributed by atoms with Gasteiger partial charge in [-0.3, -0.25) is 0 Å². The second-order valence-corrected chi connectivity index (χ2v) is 4.80. The minimum atomic E-state index is -4.65. The Balaban J connectivity index is 3.19. The standard InChI is InChI=1S/C12H15F3O/c1-8-5-6-9(11(2,3)4)10(7-8)16-12(13,14)15/h5-7H,1-4H3. The van der Waals surface area contributed by atoms with Gasteiger partial charge in [0.15, 0.2) is 0 Å². The summed E-state index contributed by atoms with van der Waals surface area (Å²) in [6, 6.07) is 4.87. The molecule has 0 N–H and O–H groups in total. The lowest BCUT2D eigenvalue weighted by atomic mass is 9.86. The summed E-state index contributed by atoms with van der Waals surface area (Å²) in [5.74, 6) is -0.111. The van der Waals surface area contributed by atoms with E-state index in [-0.39, 0.29) is 11.2 Å². The van der Waals surface area contributed by atoms with Gasteiger partial charge in [-0.2, -0.15) is 0 Å². The Hall–Kier alpha value is -1.19. The monoisotopic (exact) mass is 232 g/mol. The van der Waals surface area contributed by atoms with Crippen LogP contribution in [0, 0.1) is 6.92 Å². The highest BCUT2D eigenvalue weighted by atomic mass is 19.4. The van der Waals surface area contributed by atoms with Crippen LogP contribution in [0.4, 0.5) is 13.2 Å². The van der Waals surface area contributed by atoms with Gasteiger partial charge in [-0.25, -0.2) is 0 Å². The number of aryl methyl sites for hydroxylation is 1. The van der Waals surface area contributed by atoms with Gasteiger partial charge in [0.1, 0.15) is 5.75 Å². The quantitative estimate of drug-likeness (QED) is 0.705. The van der Waals surface area contributed by atoms with Gasteiger partial charge in [-0.05, 0) is 29.5 Å². The van der Waals surface area contributed by atoms with Crippen molar-refractivity contribution in [2.24, 2.45) is 0 Å². The van der Waals surface area contributed by atoms with Crippen molar-refractivity contribution in [1.29, 1.82) is 0 Å². The molecule has 1 aromatic rings. The summed E-state index contributed by atoms with van der Waals surface area (Å²) >= 11 is 0. The van der Waals surface area contributed by atoms with E-state index in [0.717, 1.165) is 5.56 Å². The number of benzene rings is 1. The SMILES string of the molecule is Cc1ccc(C(C)(C)C)c(OC(F)(F)F)c1. The summed E-state index contributed by atoms with van der Waals surface area (Å²) < 4.78 is 40.7. The second kappa shape index (κ2) is 4.00. The van der Waals surface area contributed by atoms with Crippen LogP contribution in [0.5, 0.6) is 5.75 Å². The number of hydrogen-bond acceptors (Lipinski definition) is 1. The van der Waals surface area contributed by atoms with Gasteiger partial charge < -0.3 is 4.74 Å². The van der Waals surface area contributed by atoms with E-state index in [4.69, 9.17) is 0 Å². The van der Waals surface area contributed by atoms with Crippen LogP contribution < -0.4 is 4.74 Å². The zero-order chi connectivity index (χ0) is 12.6. The molecule has 0 heterocycles. The van der Waals surface area contributed by atoms with Crippen LogP contribution in [0.3, 0.4) is 0 Å². The molecule has 0 unspecified atom stereocenters. The number of alkyl halides is 3. The van der Waals surface area contributed by atoms with Gasteiger partial charge in [-0.15, -0.1) is 13.2 Å². The van der Waals surface area contributed by atoms with E-state index in [1.807, 2.05) is 20.8 Å². The Morgan fingerprint density at radius 3 is 2.06 bits per heavy atom. The van der Waals surface area contributed by atoms with E-state index >= 15 is 0 Å². The average molecular weight is 232 g/mol. The highest BCUT2D eigenvalue weighted by molar-refractivity contribution is 5.41. The highest BCUT2D eigenvalue weighted by Gasteiger charge is 2.33. The van der Waals surface area contributed by atoms with Crippen molar-refractivity contribution >= 4 is 0 Å². The summed E-state index contributed by atoms with van der Waals surface area (Å²) in [4.78, 5) is 0. The van der Waals surface area contributed by atoms with Crippen LogP contribution in [0.1, 0.15) is 31.9 Å². The maximum atomic E-state index is 12.2. The molecule has 0 saturated carbocycles. The molecule has 0 amide bonds. The van der Waals surface area contributed by atoms with Crippen molar-refractivity contribution in [3.8, 4) is 5.75 Å². The molecule has 4 heteroatoms. The molecular formula is C12H15F3O. The number of hydrogen-bond donors (Lipinski definition) is 0. The van der Waals surface area contributed by atoms with Crippen LogP contribution in [-0.4, -0.2) is 6.36 Å². The molecule has 90 valence electrons. The molecule has 1 nitrogen and oxygen atoms in total. The van der Waals surface area contributed by atoms with E-state index in [1.54, 1.807) is 19.1 Å². The van der Waals surface area contributed by atoms with Crippen LogP contribution in [0.15, 0.2) is 18.2 Å². The highest BCUT2D eigenvalue weighted by Crippen LogP contribution is 2.35. The third-order valence-electron chi connectivity index (χ3n) is 2.17. The minimum absolute atomic E-state index is 0.111. The van der Waals surface area contributed by atoms with Crippen molar-refractivity contribution in [2.75, 3.05) is 0 Å². The predicted octanol–water partition coefficient (Wildman–Crippen LogP) is 4.19. The summed E-state index contributed by atoms with van der Waals surface area (Å²) in [5.41, 5.74) is 0.913. The molecule has 0 bridgehead atoms. The lowest BCUT2D eigenvalue weighted by molar-refractivity contribution is -0.275. The predicted molar refractivity (Wildman–Crippen MR) is 56.6 cm³/mol. The first kappa shape index (κ1) is 12.9. The molecule has 0 atom stereocenters. The largest absolute Gasteiger partial charge is 0.573 e. The summed E-state index contributed by atoms with van der Waals surface area (Å²) in [6.45, 7) is 7.28. The molecule has 0 aliphatic rings. The normalized spacial score (nSPS) is 12.7. The number of rotatable bonds is 1. The van der Waals surface area contributed by atoms with E-state index in [2.05, 4.69) is 4.74 Å². The van der Waals surface area contributed by atoms with Crippen LogP contribution in [-0.2, 0) is 5.41 Å². The van der Waals surface area contributed by atoms with Crippen LogP contribution >= 0.6 is 0 Å². The molecule has 0 spiro atoms. The topological polar surface area (TPSA) is 9.23 Å². The van der Waals surface area contributed by atoms with Gasteiger partial charge >= 0.3 is 6.36 Å². The molecule has 0 aromatic heterocycles. The van der Waals surface area contributed by atoms with Crippen molar-refractivity contribution in [1.82, 2.24) is 0 Å². The van der Waals surface area contributed by atoms with Gasteiger partial charge in [0.2, 0.25) is 0 Å². The third-order valence-corrected chi connectivity index (χ3v) is 2.17. The van der Waals surface area contributed by atoms with Crippen molar-refractivity contribution in [2.45, 2.75) is 39.5 Å². The fourth-order valence-corrected chi connectivity index (χ4v) is 1.46. The van der Waals surface area contributed by atoms with Gasteiger partial charge in [-0.1, -0.05) is 32.9 Å². The molecular weight excluding hydrogens is 217 g/mol. The van der Waals surface area contributed by atoms with Gasteiger partial charge in [0.05, 0.1) is 0 Å². The van der Waals surface area contributed by atoms with Crippen LogP contribution in [0.25, 0.3) is 0 Å².